The van der Waals surface area contributed by atoms with Crippen molar-refractivity contribution in [1.29, 1.82) is 0 Å². The molecule has 1 saturated heterocycles. The van der Waals surface area contributed by atoms with E-state index in [0.29, 0.717) is 17.5 Å². The van der Waals surface area contributed by atoms with Crippen LogP contribution in [0.2, 0.25) is 0 Å². The molecule has 10 heteroatoms. The number of likely N-dealkylation sites (tertiary alicyclic amines) is 1. The van der Waals surface area contributed by atoms with E-state index in [1.165, 1.54) is 42.7 Å². The molecular weight excluding hydrogens is 487 g/mol. The van der Waals surface area contributed by atoms with Gasteiger partial charge in [0, 0.05) is 19.2 Å². The molecule has 0 atom stereocenters. The highest BCUT2D eigenvalue weighted by molar-refractivity contribution is 5.74. The van der Waals surface area contributed by atoms with Gasteiger partial charge in [0.05, 0.1) is 10.5 Å². The number of hydrogen-bond donors (Lipinski definition) is 1. The predicted molar refractivity (Wildman–Crippen MR) is 132 cm³/mol. The molecule has 0 spiro atoms. The minimum Gasteiger partial charge on any atom is -0.403 e. The Morgan fingerprint density at radius 2 is 1.57 bits per heavy atom. The van der Waals surface area contributed by atoms with Gasteiger partial charge < -0.3 is 10.1 Å². The SMILES string of the molecule is O=C(NCCc1ccc(CN2CCCC2)cc1)Oc1ccc(-c2ccc(C(F)(F)F)cc2)cc1[N+](=O)[O-]. The van der Waals surface area contributed by atoms with Crippen LogP contribution in [0.4, 0.5) is 23.7 Å². The molecule has 0 aliphatic carbocycles. The van der Waals surface area contributed by atoms with Crippen molar-refractivity contribution in [3.8, 4) is 16.9 Å². The maximum atomic E-state index is 12.8. The van der Waals surface area contributed by atoms with E-state index in [-0.39, 0.29) is 12.3 Å². The summed E-state index contributed by atoms with van der Waals surface area (Å²) in [4.78, 5) is 25.5. The minimum absolute atomic E-state index is 0.260. The number of nitro groups is 1. The quantitative estimate of drug-likeness (QED) is 0.286. The number of benzene rings is 3. The number of amides is 1. The van der Waals surface area contributed by atoms with Crippen molar-refractivity contribution >= 4 is 11.8 Å². The van der Waals surface area contributed by atoms with Crippen molar-refractivity contribution in [2.24, 2.45) is 0 Å². The van der Waals surface area contributed by atoms with E-state index in [1.807, 2.05) is 12.1 Å². The zero-order valence-electron chi connectivity index (χ0n) is 20.0. The van der Waals surface area contributed by atoms with Crippen molar-refractivity contribution in [1.82, 2.24) is 10.2 Å². The number of rotatable bonds is 8. The Kier molecular flexibility index (Phi) is 8.08. The number of carbonyl (C=O) groups excluding carboxylic acids is 1. The van der Waals surface area contributed by atoms with E-state index in [2.05, 4.69) is 22.3 Å². The molecule has 1 heterocycles. The number of halogens is 3. The third-order valence-corrected chi connectivity index (χ3v) is 6.21. The predicted octanol–water partition coefficient (Wildman–Crippen LogP) is 6.21. The lowest BCUT2D eigenvalue weighted by Crippen LogP contribution is -2.29. The number of nitrogens with one attached hydrogen (secondary N) is 1. The first-order valence-corrected chi connectivity index (χ1v) is 11.9. The molecule has 1 aliphatic heterocycles. The lowest BCUT2D eigenvalue weighted by Gasteiger charge is -2.14. The third-order valence-electron chi connectivity index (χ3n) is 6.21. The molecule has 7 nitrogen and oxygen atoms in total. The number of ether oxygens (including phenoxy) is 1. The third kappa shape index (κ3) is 7.07. The fourth-order valence-electron chi connectivity index (χ4n) is 4.23. The first-order valence-electron chi connectivity index (χ1n) is 11.9. The average molecular weight is 514 g/mol. The standard InChI is InChI=1S/C27H26F3N3O4/c28-27(29,30)23-10-7-21(8-11-23)22-9-12-25(24(17-22)33(35)36)37-26(34)31-14-13-19-3-5-20(6-4-19)18-32-15-1-2-16-32/h3-12,17H,1-2,13-16,18H2,(H,31,34). The molecule has 0 saturated carbocycles. The Balaban J connectivity index is 1.32. The van der Waals surface area contributed by atoms with Crippen LogP contribution >= 0.6 is 0 Å². The number of carbonyl (C=O) groups is 1. The first kappa shape index (κ1) is 26.2. The van der Waals surface area contributed by atoms with E-state index >= 15 is 0 Å². The molecule has 0 bridgehead atoms. The Morgan fingerprint density at radius 3 is 2.19 bits per heavy atom. The van der Waals surface area contributed by atoms with Gasteiger partial charge in [0.25, 0.3) is 0 Å². The number of nitrogens with zero attached hydrogens (tertiary/aromatic N) is 2. The molecule has 3 aromatic rings. The molecule has 4 rings (SSSR count). The maximum absolute atomic E-state index is 12.8. The van der Waals surface area contributed by atoms with Crippen LogP contribution in [0.3, 0.4) is 0 Å². The second-order valence-electron chi connectivity index (χ2n) is 8.88. The lowest BCUT2D eigenvalue weighted by atomic mass is 10.0. The van der Waals surface area contributed by atoms with E-state index in [4.69, 9.17) is 4.74 Å². The Hall–Kier alpha value is -3.92. The summed E-state index contributed by atoms with van der Waals surface area (Å²) in [6, 6.07) is 16.3. The highest BCUT2D eigenvalue weighted by Gasteiger charge is 2.30. The average Bonchev–Trinajstić information content (AvgIpc) is 3.38. The van der Waals surface area contributed by atoms with E-state index < -0.39 is 28.4 Å². The summed E-state index contributed by atoms with van der Waals surface area (Å²) in [5.74, 6) is -0.260. The summed E-state index contributed by atoms with van der Waals surface area (Å²) in [5, 5.41) is 14.1. The van der Waals surface area contributed by atoms with Crippen molar-refractivity contribution in [3.63, 3.8) is 0 Å². The number of hydrogen-bond acceptors (Lipinski definition) is 5. The van der Waals surface area contributed by atoms with Gasteiger partial charge in [-0.2, -0.15) is 13.2 Å². The van der Waals surface area contributed by atoms with Crippen LogP contribution in [-0.4, -0.2) is 35.6 Å². The Bertz CT molecular complexity index is 1240. The zero-order valence-corrected chi connectivity index (χ0v) is 20.0. The van der Waals surface area contributed by atoms with E-state index in [9.17, 15) is 28.1 Å². The molecule has 3 aromatic carbocycles. The van der Waals surface area contributed by atoms with Crippen LogP contribution < -0.4 is 10.1 Å². The zero-order chi connectivity index (χ0) is 26.4. The van der Waals surface area contributed by atoms with Crippen LogP contribution in [0.15, 0.2) is 66.7 Å². The van der Waals surface area contributed by atoms with Gasteiger partial charge in [0.1, 0.15) is 0 Å². The first-order chi connectivity index (χ1) is 17.7. The van der Waals surface area contributed by atoms with Gasteiger partial charge in [-0.1, -0.05) is 42.5 Å². The van der Waals surface area contributed by atoms with Gasteiger partial charge in [0.15, 0.2) is 0 Å². The Labute approximate surface area is 212 Å². The smallest absolute Gasteiger partial charge is 0.403 e. The molecule has 0 unspecified atom stereocenters. The second-order valence-corrected chi connectivity index (χ2v) is 8.88. The molecule has 1 N–H and O–H groups in total. The fraction of sp³-hybridized carbons (Fsp3) is 0.296. The number of nitro benzene ring substituents is 1. The topological polar surface area (TPSA) is 84.7 Å². The van der Waals surface area contributed by atoms with Crippen molar-refractivity contribution in [3.05, 3.63) is 93.5 Å². The van der Waals surface area contributed by atoms with E-state index in [0.717, 1.165) is 43.4 Å². The van der Waals surface area contributed by atoms with Crippen LogP contribution in [0, 0.1) is 10.1 Å². The highest BCUT2D eigenvalue weighted by Crippen LogP contribution is 2.34. The molecule has 1 aliphatic rings. The van der Waals surface area contributed by atoms with Crippen LogP contribution in [0.1, 0.15) is 29.5 Å². The summed E-state index contributed by atoms with van der Waals surface area (Å²) in [6.45, 7) is 3.47. The van der Waals surface area contributed by atoms with Crippen molar-refractivity contribution < 1.29 is 27.6 Å². The normalized spacial score (nSPS) is 13.9. The van der Waals surface area contributed by atoms with Crippen LogP contribution in [-0.2, 0) is 19.1 Å². The maximum Gasteiger partial charge on any atom is 0.416 e. The number of alkyl halides is 3. The van der Waals surface area contributed by atoms with Gasteiger partial charge in [-0.3, -0.25) is 15.0 Å². The molecule has 1 amide bonds. The van der Waals surface area contributed by atoms with Crippen molar-refractivity contribution in [2.75, 3.05) is 19.6 Å². The summed E-state index contributed by atoms with van der Waals surface area (Å²) in [7, 11) is 0. The van der Waals surface area contributed by atoms with Gasteiger partial charge in [-0.05, 0) is 72.8 Å². The molecular formula is C27H26F3N3O4. The summed E-state index contributed by atoms with van der Waals surface area (Å²) >= 11 is 0. The summed E-state index contributed by atoms with van der Waals surface area (Å²) in [5.41, 5.74) is 1.67. The molecule has 0 aromatic heterocycles. The summed E-state index contributed by atoms with van der Waals surface area (Å²) in [6.07, 6.45) is -2.27. The van der Waals surface area contributed by atoms with Gasteiger partial charge in [-0.25, -0.2) is 4.79 Å². The van der Waals surface area contributed by atoms with Crippen LogP contribution in [0.25, 0.3) is 11.1 Å². The minimum atomic E-state index is -4.48. The highest BCUT2D eigenvalue weighted by atomic mass is 19.4. The van der Waals surface area contributed by atoms with Crippen LogP contribution in [0.5, 0.6) is 5.75 Å². The van der Waals surface area contributed by atoms with Gasteiger partial charge >= 0.3 is 18.0 Å². The lowest BCUT2D eigenvalue weighted by molar-refractivity contribution is -0.385. The van der Waals surface area contributed by atoms with Crippen molar-refractivity contribution in [2.45, 2.75) is 32.0 Å². The van der Waals surface area contributed by atoms with E-state index in [1.54, 1.807) is 0 Å². The second kappa shape index (κ2) is 11.4. The molecule has 194 valence electrons. The monoisotopic (exact) mass is 513 g/mol. The fourth-order valence-corrected chi connectivity index (χ4v) is 4.23. The Morgan fingerprint density at radius 1 is 0.946 bits per heavy atom. The van der Waals surface area contributed by atoms with Gasteiger partial charge in [0.2, 0.25) is 5.75 Å². The largest absolute Gasteiger partial charge is 0.416 e. The molecule has 37 heavy (non-hydrogen) atoms. The molecule has 0 radical (unpaired) electrons. The molecule has 1 fully saturated rings. The summed E-state index contributed by atoms with van der Waals surface area (Å²) < 4.78 is 43.5. The van der Waals surface area contributed by atoms with Gasteiger partial charge in [-0.15, -0.1) is 0 Å².